The van der Waals surface area contributed by atoms with Crippen molar-refractivity contribution in [2.45, 2.75) is 0 Å². The van der Waals surface area contributed by atoms with Gasteiger partial charge in [0, 0.05) is 24.6 Å². The maximum Gasteiger partial charge on any atom is 0.190 e. The van der Waals surface area contributed by atoms with E-state index in [-0.39, 0.29) is 0 Å². The highest BCUT2D eigenvalue weighted by molar-refractivity contribution is 7.19. The highest BCUT2D eigenvalue weighted by atomic mass is 35.5. The fourth-order valence-electron chi connectivity index (χ4n) is 2.18. The Morgan fingerprint density at radius 1 is 1.08 bits per heavy atom. The number of ether oxygens (including phenoxy) is 2. The molecule has 0 aliphatic heterocycles. The maximum absolute atomic E-state index is 6.14. The maximum atomic E-state index is 6.14. The molecule has 1 aromatic carbocycles. The normalized spacial score (nSPS) is 11.8. The summed E-state index contributed by atoms with van der Waals surface area (Å²) in [5.74, 6) is 1.15. The lowest BCUT2D eigenvalue weighted by Crippen LogP contribution is -2.10. The summed E-state index contributed by atoms with van der Waals surface area (Å²) in [5.41, 5.74) is 1.72. The van der Waals surface area contributed by atoms with Gasteiger partial charge < -0.3 is 14.0 Å². The summed E-state index contributed by atoms with van der Waals surface area (Å²) in [5, 5.41) is 2.54. The van der Waals surface area contributed by atoms with Crippen LogP contribution in [0.3, 0.4) is 0 Å². The molecule has 24 heavy (non-hydrogen) atoms. The molecule has 4 nitrogen and oxygen atoms in total. The summed E-state index contributed by atoms with van der Waals surface area (Å²) in [4.78, 5) is 6.63. The second-order valence-electron chi connectivity index (χ2n) is 4.84. The van der Waals surface area contributed by atoms with Gasteiger partial charge in [-0.2, -0.15) is 0 Å². The predicted octanol–water partition coefficient (Wildman–Crippen LogP) is 5.37. The first kappa shape index (κ1) is 17.4. The van der Waals surface area contributed by atoms with Crippen molar-refractivity contribution >= 4 is 51.6 Å². The Kier molecular flexibility index (Phi) is 5.20. The predicted molar refractivity (Wildman–Crippen MR) is 101 cm³/mol. The number of methoxy groups -OCH3 is 2. The van der Waals surface area contributed by atoms with Gasteiger partial charge in [-0.05, 0) is 12.1 Å². The van der Waals surface area contributed by atoms with Gasteiger partial charge in [0.05, 0.1) is 34.1 Å². The molecular formula is C16H14Cl2N2O2S2. The second-order valence-corrected chi connectivity index (χ2v) is 7.80. The average Bonchev–Trinajstić information content (AvgIpc) is 3.15. The first-order valence-electron chi connectivity index (χ1n) is 6.90. The molecule has 0 saturated heterocycles. The summed E-state index contributed by atoms with van der Waals surface area (Å²) < 4.78 is 13.4. The number of thiazole rings is 1. The van der Waals surface area contributed by atoms with Gasteiger partial charge in [0.25, 0.3) is 0 Å². The quantitative estimate of drug-likeness (QED) is 0.589. The van der Waals surface area contributed by atoms with Crippen LogP contribution in [0.1, 0.15) is 0 Å². The molecule has 126 valence electrons. The third-order valence-corrected chi connectivity index (χ3v) is 5.89. The van der Waals surface area contributed by atoms with Crippen LogP contribution < -0.4 is 14.3 Å². The second kappa shape index (κ2) is 7.19. The van der Waals surface area contributed by atoms with Crippen LogP contribution in [0.2, 0.25) is 9.36 Å². The Morgan fingerprint density at radius 3 is 2.46 bits per heavy atom. The topological polar surface area (TPSA) is 35.8 Å². The Labute approximate surface area is 157 Å². The zero-order chi connectivity index (χ0) is 17.3. The SMILES string of the molecule is COc1cc(N=c2scc(-c3ccc(Cl)s3)n2C)c(OC)cc1Cl. The molecule has 0 aliphatic rings. The van der Waals surface area contributed by atoms with E-state index in [9.17, 15) is 0 Å². The molecule has 0 bridgehead atoms. The number of benzene rings is 1. The molecule has 0 radical (unpaired) electrons. The lowest BCUT2D eigenvalue weighted by Gasteiger charge is -2.08. The van der Waals surface area contributed by atoms with Crippen LogP contribution in [0.15, 0.2) is 34.6 Å². The highest BCUT2D eigenvalue weighted by Crippen LogP contribution is 2.37. The van der Waals surface area contributed by atoms with Crippen LogP contribution in [0.4, 0.5) is 5.69 Å². The monoisotopic (exact) mass is 400 g/mol. The summed E-state index contributed by atoms with van der Waals surface area (Å²) in [7, 11) is 5.13. The zero-order valence-corrected chi connectivity index (χ0v) is 16.3. The van der Waals surface area contributed by atoms with Gasteiger partial charge in [0.15, 0.2) is 4.80 Å². The third-order valence-electron chi connectivity index (χ3n) is 3.42. The van der Waals surface area contributed by atoms with E-state index in [1.165, 1.54) is 11.3 Å². The van der Waals surface area contributed by atoms with Crippen LogP contribution in [0.5, 0.6) is 11.5 Å². The zero-order valence-electron chi connectivity index (χ0n) is 13.2. The van der Waals surface area contributed by atoms with Gasteiger partial charge >= 0.3 is 0 Å². The van der Waals surface area contributed by atoms with Crippen LogP contribution >= 0.6 is 45.9 Å². The number of hydrogen-bond donors (Lipinski definition) is 0. The number of halogens is 2. The molecule has 0 aliphatic carbocycles. The minimum absolute atomic E-state index is 0.484. The van der Waals surface area contributed by atoms with Crippen molar-refractivity contribution in [3.63, 3.8) is 0 Å². The van der Waals surface area contributed by atoms with Gasteiger partial charge in [0.2, 0.25) is 0 Å². The number of aromatic nitrogens is 1. The van der Waals surface area contributed by atoms with E-state index in [0.29, 0.717) is 22.2 Å². The molecule has 0 saturated carbocycles. The lowest BCUT2D eigenvalue weighted by atomic mass is 10.3. The molecule has 2 aromatic heterocycles. The van der Waals surface area contributed by atoms with E-state index in [0.717, 1.165) is 19.7 Å². The smallest absolute Gasteiger partial charge is 0.190 e. The van der Waals surface area contributed by atoms with Crippen LogP contribution in [-0.4, -0.2) is 18.8 Å². The van der Waals surface area contributed by atoms with Crippen molar-refractivity contribution in [2.24, 2.45) is 12.0 Å². The molecule has 3 rings (SSSR count). The third kappa shape index (κ3) is 3.32. The van der Waals surface area contributed by atoms with Crippen LogP contribution in [-0.2, 0) is 7.05 Å². The van der Waals surface area contributed by atoms with Crippen LogP contribution in [0.25, 0.3) is 10.6 Å². The lowest BCUT2D eigenvalue weighted by molar-refractivity contribution is 0.404. The summed E-state index contributed by atoms with van der Waals surface area (Å²) >= 11 is 15.3. The van der Waals surface area contributed by atoms with Crippen molar-refractivity contribution < 1.29 is 9.47 Å². The Bertz CT molecular complexity index is 944. The van der Waals surface area contributed by atoms with E-state index < -0.39 is 0 Å². The summed E-state index contributed by atoms with van der Waals surface area (Å²) in [6.45, 7) is 0. The fraction of sp³-hybridized carbons (Fsp3) is 0.188. The molecule has 0 spiro atoms. The molecule has 8 heteroatoms. The van der Waals surface area contributed by atoms with E-state index in [4.69, 9.17) is 37.7 Å². The van der Waals surface area contributed by atoms with E-state index in [1.807, 2.05) is 23.7 Å². The van der Waals surface area contributed by atoms with E-state index in [2.05, 4.69) is 5.38 Å². The van der Waals surface area contributed by atoms with Crippen molar-refractivity contribution in [1.82, 2.24) is 4.57 Å². The molecule has 0 amide bonds. The Hall–Kier alpha value is -1.47. The Morgan fingerprint density at radius 2 is 1.83 bits per heavy atom. The van der Waals surface area contributed by atoms with Crippen LogP contribution in [0, 0.1) is 0 Å². The van der Waals surface area contributed by atoms with Gasteiger partial charge in [-0.25, -0.2) is 4.99 Å². The van der Waals surface area contributed by atoms with Gasteiger partial charge in [-0.3, -0.25) is 0 Å². The molecule has 0 N–H and O–H groups in total. The molecule has 3 aromatic rings. The van der Waals surface area contributed by atoms with Crippen molar-refractivity contribution in [2.75, 3.05) is 14.2 Å². The molecule has 2 heterocycles. The number of rotatable bonds is 4. The largest absolute Gasteiger partial charge is 0.495 e. The van der Waals surface area contributed by atoms with Crippen molar-refractivity contribution in [1.29, 1.82) is 0 Å². The minimum Gasteiger partial charge on any atom is -0.495 e. The van der Waals surface area contributed by atoms with Gasteiger partial charge in [-0.1, -0.05) is 23.2 Å². The minimum atomic E-state index is 0.484. The molecular weight excluding hydrogens is 387 g/mol. The van der Waals surface area contributed by atoms with Gasteiger partial charge in [-0.15, -0.1) is 22.7 Å². The number of nitrogens with zero attached hydrogens (tertiary/aromatic N) is 2. The number of thiophene rings is 1. The standard InChI is InChI=1S/C16H14Cl2N2O2S2/c1-20-11(14-4-5-15(18)24-14)8-23-16(20)19-10-7-12(21-2)9(17)6-13(10)22-3/h4-8H,1-3H3. The summed E-state index contributed by atoms with van der Waals surface area (Å²) in [6.07, 6.45) is 0. The highest BCUT2D eigenvalue weighted by Gasteiger charge is 2.11. The summed E-state index contributed by atoms with van der Waals surface area (Å²) in [6, 6.07) is 7.36. The van der Waals surface area contributed by atoms with Crippen molar-refractivity contribution in [3.8, 4) is 22.1 Å². The van der Waals surface area contributed by atoms with E-state index in [1.54, 1.807) is 37.7 Å². The van der Waals surface area contributed by atoms with Crippen molar-refractivity contribution in [3.05, 3.63) is 43.8 Å². The number of hydrogen-bond acceptors (Lipinski definition) is 5. The first-order valence-corrected chi connectivity index (χ1v) is 9.35. The molecule has 0 atom stereocenters. The first-order chi connectivity index (χ1) is 11.5. The Balaban J connectivity index is 2.11. The molecule has 0 unspecified atom stereocenters. The van der Waals surface area contributed by atoms with E-state index >= 15 is 0 Å². The molecule has 0 fully saturated rings. The van der Waals surface area contributed by atoms with Gasteiger partial charge in [0.1, 0.15) is 17.2 Å². The fourth-order valence-corrected chi connectivity index (χ4v) is 4.49. The average molecular weight is 401 g/mol.